The number of nitrogens with zero attached hydrogens (tertiary/aromatic N) is 3. The van der Waals surface area contributed by atoms with Crippen molar-refractivity contribution in [2.24, 2.45) is 0 Å². The Morgan fingerprint density at radius 1 is 1.17 bits per heavy atom. The molecule has 0 aliphatic carbocycles. The predicted molar refractivity (Wildman–Crippen MR) is 135 cm³/mol. The monoisotopic (exact) mass is 502 g/mol. The third-order valence-corrected chi connectivity index (χ3v) is 6.69. The number of methoxy groups -OCH3 is 1. The van der Waals surface area contributed by atoms with Gasteiger partial charge in [-0.2, -0.15) is 0 Å². The lowest BCUT2D eigenvalue weighted by atomic mass is 10.0. The molecular formula is C25H34N4O5S. The van der Waals surface area contributed by atoms with Crippen molar-refractivity contribution in [1.29, 1.82) is 0 Å². The highest BCUT2D eigenvalue weighted by Crippen LogP contribution is 2.39. The van der Waals surface area contributed by atoms with E-state index < -0.39 is 16.1 Å². The Bertz CT molecular complexity index is 1190. The normalized spacial score (nSPS) is 17.5. The number of hydroxylamine groups is 2. The average molecular weight is 503 g/mol. The molecule has 0 spiro atoms. The minimum absolute atomic E-state index is 0.0131. The third-order valence-electron chi connectivity index (χ3n) is 5.11. The largest absolute Gasteiger partial charge is 0.478 e. The average Bonchev–Trinajstić information content (AvgIpc) is 2.79. The van der Waals surface area contributed by atoms with Crippen LogP contribution in [0.2, 0.25) is 0 Å². The summed E-state index contributed by atoms with van der Waals surface area (Å²) in [7, 11) is -2.67. The molecule has 35 heavy (non-hydrogen) atoms. The van der Waals surface area contributed by atoms with E-state index in [1.807, 2.05) is 58.0 Å². The number of anilines is 1. The summed E-state index contributed by atoms with van der Waals surface area (Å²) < 4.78 is 41.2. The summed E-state index contributed by atoms with van der Waals surface area (Å²) in [6.07, 6.45) is 4.60. The lowest BCUT2D eigenvalue weighted by Gasteiger charge is -2.36. The highest BCUT2D eigenvalue weighted by Gasteiger charge is 2.37. The maximum absolute atomic E-state index is 13.8. The minimum Gasteiger partial charge on any atom is -0.478 e. The van der Waals surface area contributed by atoms with Crippen molar-refractivity contribution >= 4 is 15.8 Å². The molecule has 1 aromatic carbocycles. The van der Waals surface area contributed by atoms with Gasteiger partial charge in [-0.1, -0.05) is 30.3 Å². The van der Waals surface area contributed by atoms with Crippen molar-refractivity contribution < 1.29 is 22.7 Å². The highest BCUT2D eigenvalue weighted by molar-refractivity contribution is 7.96. The van der Waals surface area contributed by atoms with Gasteiger partial charge in [-0.3, -0.25) is 9.56 Å². The van der Waals surface area contributed by atoms with Crippen LogP contribution in [0.15, 0.2) is 59.3 Å². The van der Waals surface area contributed by atoms with E-state index in [0.29, 0.717) is 17.9 Å². The predicted octanol–water partition coefficient (Wildman–Crippen LogP) is 4.52. The number of hydrogen-bond acceptors (Lipinski definition) is 8. The summed E-state index contributed by atoms with van der Waals surface area (Å²) in [5.41, 5.74) is 1.61. The van der Waals surface area contributed by atoms with Crippen LogP contribution in [0.3, 0.4) is 0 Å². The van der Waals surface area contributed by atoms with Gasteiger partial charge in [0.25, 0.3) is 15.9 Å². The van der Waals surface area contributed by atoms with Crippen LogP contribution < -0.4 is 9.46 Å². The fourth-order valence-corrected chi connectivity index (χ4v) is 5.06. The van der Waals surface area contributed by atoms with Gasteiger partial charge >= 0.3 is 0 Å². The number of allylic oxidation sites excluding steroid dienone is 2. The second-order valence-electron chi connectivity index (χ2n) is 9.35. The van der Waals surface area contributed by atoms with Gasteiger partial charge in [-0.25, -0.2) is 23.4 Å². The van der Waals surface area contributed by atoms with Crippen LogP contribution in [0.5, 0.6) is 5.88 Å². The molecule has 0 saturated carbocycles. The fraction of sp³-hybridized carbons (Fsp3) is 0.440. The molecule has 0 amide bonds. The second-order valence-corrected chi connectivity index (χ2v) is 11.0. The van der Waals surface area contributed by atoms with Gasteiger partial charge in [0, 0.05) is 6.20 Å². The smallest absolute Gasteiger partial charge is 0.262 e. The van der Waals surface area contributed by atoms with Gasteiger partial charge in [0.1, 0.15) is 12.1 Å². The Morgan fingerprint density at radius 2 is 1.86 bits per heavy atom. The van der Waals surface area contributed by atoms with Crippen molar-refractivity contribution in [2.75, 3.05) is 18.4 Å². The topological polar surface area (TPSA) is 103 Å². The van der Waals surface area contributed by atoms with E-state index in [9.17, 15) is 8.42 Å². The van der Waals surface area contributed by atoms with E-state index in [1.54, 1.807) is 31.2 Å². The van der Waals surface area contributed by atoms with E-state index in [1.165, 1.54) is 13.3 Å². The van der Waals surface area contributed by atoms with E-state index >= 15 is 0 Å². The molecular weight excluding hydrogens is 468 g/mol. The Kier molecular flexibility index (Phi) is 8.19. The first-order valence-corrected chi connectivity index (χ1v) is 12.8. The molecule has 1 aliphatic rings. The summed E-state index contributed by atoms with van der Waals surface area (Å²) in [6, 6.07) is 8.60. The SMILES string of the molecule is COc1nc(C)cnc1NS(=O)(=O)C1=C(C)C=CN(OC(C)COC(C)(C)C)C1c1ccccc1. The van der Waals surface area contributed by atoms with Crippen molar-refractivity contribution in [3.63, 3.8) is 0 Å². The number of nitrogens with one attached hydrogen (secondary N) is 1. The first kappa shape index (κ1) is 26.7. The molecule has 9 nitrogen and oxygen atoms in total. The van der Waals surface area contributed by atoms with Crippen molar-refractivity contribution in [3.8, 4) is 5.88 Å². The summed E-state index contributed by atoms with van der Waals surface area (Å²) in [6.45, 7) is 11.6. The standard InChI is InChI=1S/C25H34N4O5S/c1-17-13-14-29(34-19(3)16-33-25(4,5)6)21(20-11-9-8-10-12-20)22(17)35(30,31)28-23-24(32-7)27-18(2)15-26-23/h8-15,19,21H,16H2,1-7H3,(H,26,28). The van der Waals surface area contributed by atoms with Gasteiger partial charge in [0.2, 0.25) is 5.82 Å². The number of sulfonamides is 1. The molecule has 0 radical (unpaired) electrons. The minimum atomic E-state index is -4.09. The fourth-order valence-electron chi connectivity index (χ4n) is 3.53. The first-order valence-electron chi connectivity index (χ1n) is 11.3. The Balaban J connectivity index is 1.98. The maximum Gasteiger partial charge on any atom is 0.262 e. The summed E-state index contributed by atoms with van der Waals surface area (Å²) >= 11 is 0. The van der Waals surface area contributed by atoms with Gasteiger partial charge in [-0.15, -0.1) is 0 Å². The molecule has 1 aromatic heterocycles. The second kappa shape index (κ2) is 10.8. The quantitative estimate of drug-likeness (QED) is 0.534. The number of ether oxygens (including phenoxy) is 2. The zero-order chi connectivity index (χ0) is 25.8. The summed E-state index contributed by atoms with van der Waals surface area (Å²) in [5, 5.41) is 1.56. The van der Waals surface area contributed by atoms with Crippen LogP contribution >= 0.6 is 0 Å². The Hall–Kier alpha value is -2.95. The van der Waals surface area contributed by atoms with Crippen molar-refractivity contribution in [2.45, 2.75) is 59.3 Å². The molecule has 2 heterocycles. The molecule has 3 rings (SSSR count). The zero-order valence-electron chi connectivity index (χ0n) is 21.3. The van der Waals surface area contributed by atoms with Gasteiger partial charge in [-0.05, 0) is 58.8 Å². The molecule has 190 valence electrons. The lowest BCUT2D eigenvalue weighted by molar-refractivity contribution is -0.200. The van der Waals surface area contributed by atoms with Crippen LogP contribution in [0.4, 0.5) is 5.82 Å². The van der Waals surface area contributed by atoms with Crippen LogP contribution in [0.25, 0.3) is 0 Å². The van der Waals surface area contributed by atoms with Crippen molar-refractivity contribution in [1.82, 2.24) is 15.0 Å². The van der Waals surface area contributed by atoms with E-state index in [0.717, 1.165) is 5.56 Å². The van der Waals surface area contributed by atoms with Crippen LogP contribution in [-0.2, 0) is 19.6 Å². The third kappa shape index (κ3) is 6.81. The molecule has 2 unspecified atom stereocenters. The van der Waals surface area contributed by atoms with E-state index in [2.05, 4.69) is 14.7 Å². The Morgan fingerprint density at radius 3 is 2.49 bits per heavy atom. The molecule has 0 fully saturated rings. The summed E-state index contributed by atoms with van der Waals surface area (Å²) in [5.74, 6) is 0.106. The number of aryl methyl sites for hydroxylation is 1. The Labute approximate surface area is 207 Å². The summed E-state index contributed by atoms with van der Waals surface area (Å²) in [4.78, 5) is 14.7. The highest BCUT2D eigenvalue weighted by atomic mass is 32.2. The van der Waals surface area contributed by atoms with Gasteiger partial charge in [0.05, 0.1) is 36.1 Å². The molecule has 0 saturated heterocycles. The molecule has 10 heteroatoms. The molecule has 2 atom stereocenters. The molecule has 1 aliphatic heterocycles. The van der Waals surface area contributed by atoms with Gasteiger partial charge in [0.15, 0.2) is 0 Å². The zero-order valence-corrected chi connectivity index (χ0v) is 22.1. The first-order chi connectivity index (χ1) is 16.4. The number of hydrogen-bond donors (Lipinski definition) is 1. The van der Waals surface area contributed by atoms with E-state index in [-0.39, 0.29) is 28.3 Å². The van der Waals surface area contributed by atoms with Crippen LogP contribution in [0.1, 0.15) is 51.9 Å². The number of rotatable bonds is 9. The molecule has 0 bridgehead atoms. The molecule has 2 aromatic rings. The molecule has 1 N–H and O–H groups in total. The lowest BCUT2D eigenvalue weighted by Crippen LogP contribution is -2.37. The number of aromatic nitrogens is 2. The number of benzene rings is 1. The van der Waals surface area contributed by atoms with Gasteiger partial charge < -0.3 is 9.47 Å². The maximum atomic E-state index is 13.8. The van der Waals surface area contributed by atoms with Crippen molar-refractivity contribution in [3.05, 3.63) is 70.5 Å². The van der Waals surface area contributed by atoms with Crippen LogP contribution in [-0.4, -0.2) is 48.9 Å². The van der Waals surface area contributed by atoms with Crippen LogP contribution in [0, 0.1) is 6.92 Å². The van der Waals surface area contributed by atoms with E-state index in [4.69, 9.17) is 14.3 Å².